The minimum absolute atomic E-state index is 0.354. The summed E-state index contributed by atoms with van der Waals surface area (Å²) in [4.78, 5) is 27.6. The predicted octanol–water partition coefficient (Wildman–Crippen LogP) is 1.17. The molecule has 0 saturated heterocycles. The van der Waals surface area contributed by atoms with E-state index in [1.165, 1.54) is 0 Å². The second-order valence-electron chi connectivity index (χ2n) is 4.68. The van der Waals surface area contributed by atoms with Crippen LogP contribution in [-0.4, -0.2) is 9.97 Å². The maximum absolute atomic E-state index is 11.3. The van der Waals surface area contributed by atoms with Gasteiger partial charge in [0.1, 0.15) is 5.76 Å². The maximum atomic E-state index is 11.3. The first-order valence-corrected chi connectivity index (χ1v) is 6.11. The standard InChI is InChI=1S/C14H13N3O3/c1-7-4-9(6-20-7)12(15)8-2-3-10-11(5-8)17-14(19)13(18)16-10/h2-6,12H,15H2,1H3,(H,16,18)(H,17,19). The molecule has 0 bridgehead atoms. The van der Waals surface area contributed by atoms with E-state index in [0.29, 0.717) is 11.0 Å². The van der Waals surface area contributed by atoms with Crippen molar-refractivity contribution in [3.05, 3.63) is 68.1 Å². The highest BCUT2D eigenvalue weighted by atomic mass is 16.3. The molecule has 0 spiro atoms. The molecule has 0 radical (unpaired) electrons. The van der Waals surface area contributed by atoms with Crippen LogP contribution >= 0.6 is 0 Å². The Balaban J connectivity index is 2.11. The van der Waals surface area contributed by atoms with Crippen LogP contribution in [0, 0.1) is 6.92 Å². The summed E-state index contributed by atoms with van der Waals surface area (Å²) in [6.45, 7) is 1.85. The molecule has 2 heterocycles. The lowest BCUT2D eigenvalue weighted by Crippen LogP contribution is -2.29. The van der Waals surface area contributed by atoms with Gasteiger partial charge in [-0.05, 0) is 30.7 Å². The first-order valence-electron chi connectivity index (χ1n) is 6.11. The lowest BCUT2D eigenvalue weighted by atomic mass is 10.0. The zero-order chi connectivity index (χ0) is 14.3. The van der Waals surface area contributed by atoms with Gasteiger partial charge in [-0.25, -0.2) is 0 Å². The van der Waals surface area contributed by atoms with Crippen molar-refractivity contribution in [2.75, 3.05) is 0 Å². The molecule has 0 fully saturated rings. The van der Waals surface area contributed by atoms with Crippen LogP contribution in [0.15, 0.2) is 44.5 Å². The largest absolute Gasteiger partial charge is 0.469 e. The molecule has 6 heteroatoms. The Kier molecular flexibility index (Phi) is 2.80. The van der Waals surface area contributed by atoms with E-state index in [2.05, 4.69) is 9.97 Å². The van der Waals surface area contributed by atoms with Gasteiger partial charge < -0.3 is 20.1 Å². The van der Waals surface area contributed by atoms with E-state index in [1.54, 1.807) is 18.4 Å². The smallest absolute Gasteiger partial charge is 0.314 e. The first-order chi connectivity index (χ1) is 9.54. The van der Waals surface area contributed by atoms with E-state index in [0.717, 1.165) is 16.9 Å². The SMILES string of the molecule is Cc1cc(C(N)c2ccc3[nH]c(=O)c(=O)[nH]c3c2)co1. The number of aromatic amines is 2. The van der Waals surface area contributed by atoms with Crippen LogP contribution in [0.2, 0.25) is 0 Å². The van der Waals surface area contributed by atoms with Gasteiger partial charge in [0, 0.05) is 5.56 Å². The summed E-state index contributed by atoms with van der Waals surface area (Å²) < 4.78 is 5.24. The van der Waals surface area contributed by atoms with Crippen LogP contribution in [0.4, 0.5) is 0 Å². The Morgan fingerprint density at radius 1 is 1.05 bits per heavy atom. The number of fused-ring (bicyclic) bond motifs is 1. The second kappa shape index (κ2) is 4.50. The van der Waals surface area contributed by atoms with Crippen molar-refractivity contribution in [2.24, 2.45) is 5.73 Å². The van der Waals surface area contributed by atoms with E-state index in [4.69, 9.17) is 10.2 Å². The summed E-state index contributed by atoms with van der Waals surface area (Å²) in [6, 6.07) is 6.79. The van der Waals surface area contributed by atoms with Gasteiger partial charge in [-0.2, -0.15) is 0 Å². The minimum Gasteiger partial charge on any atom is -0.469 e. The van der Waals surface area contributed by atoms with E-state index >= 15 is 0 Å². The molecule has 1 unspecified atom stereocenters. The third kappa shape index (κ3) is 2.06. The minimum atomic E-state index is -0.678. The number of nitrogens with one attached hydrogen (secondary N) is 2. The van der Waals surface area contributed by atoms with Gasteiger partial charge in [-0.1, -0.05) is 6.07 Å². The molecule has 6 nitrogen and oxygen atoms in total. The molecule has 0 amide bonds. The Bertz CT molecular complexity index is 888. The lowest BCUT2D eigenvalue weighted by molar-refractivity contribution is 0.530. The van der Waals surface area contributed by atoms with Crippen molar-refractivity contribution in [3.63, 3.8) is 0 Å². The Morgan fingerprint density at radius 2 is 1.75 bits per heavy atom. The number of aryl methyl sites for hydroxylation is 1. The van der Waals surface area contributed by atoms with Gasteiger partial charge in [0.05, 0.1) is 23.3 Å². The average Bonchev–Trinajstić information content (AvgIpc) is 2.85. The number of hydrogen-bond acceptors (Lipinski definition) is 4. The average molecular weight is 271 g/mol. The fourth-order valence-electron chi connectivity index (χ4n) is 2.15. The molecule has 0 saturated carbocycles. The van der Waals surface area contributed by atoms with Crippen LogP contribution in [0.1, 0.15) is 22.9 Å². The third-order valence-electron chi connectivity index (χ3n) is 3.22. The van der Waals surface area contributed by atoms with Gasteiger partial charge in [0.15, 0.2) is 0 Å². The van der Waals surface area contributed by atoms with Crippen molar-refractivity contribution >= 4 is 11.0 Å². The van der Waals surface area contributed by atoms with Crippen molar-refractivity contribution in [1.82, 2.24) is 9.97 Å². The second-order valence-corrected chi connectivity index (χ2v) is 4.68. The van der Waals surface area contributed by atoms with Crippen LogP contribution in [0.25, 0.3) is 11.0 Å². The molecule has 3 rings (SSSR count). The number of furan rings is 1. The van der Waals surface area contributed by atoms with E-state index in [1.807, 2.05) is 19.1 Å². The van der Waals surface area contributed by atoms with Crippen LogP contribution in [0.3, 0.4) is 0 Å². The summed E-state index contributed by atoms with van der Waals surface area (Å²) in [6.07, 6.45) is 1.61. The van der Waals surface area contributed by atoms with Crippen molar-refractivity contribution in [3.8, 4) is 0 Å². The fraction of sp³-hybridized carbons (Fsp3) is 0.143. The molecule has 0 aliphatic carbocycles. The Labute approximate surface area is 113 Å². The number of H-pyrrole nitrogens is 2. The summed E-state index contributed by atoms with van der Waals surface area (Å²) in [5.74, 6) is 0.786. The first kappa shape index (κ1) is 12.4. The quantitative estimate of drug-likeness (QED) is 0.608. The molecular formula is C14H13N3O3. The zero-order valence-electron chi connectivity index (χ0n) is 10.8. The normalized spacial score (nSPS) is 12.7. The van der Waals surface area contributed by atoms with Crippen molar-refractivity contribution in [2.45, 2.75) is 13.0 Å². The molecule has 102 valence electrons. The van der Waals surface area contributed by atoms with Gasteiger partial charge in [-0.15, -0.1) is 0 Å². The maximum Gasteiger partial charge on any atom is 0.314 e. The number of benzene rings is 1. The summed E-state index contributed by atoms with van der Waals surface area (Å²) in [5, 5.41) is 0. The number of rotatable bonds is 2. The number of aromatic nitrogens is 2. The molecule has 1 atom stereocenters. The van der Waals surface area contributed by atoms with Gasteiger partial charge in [0.25, 0.3) is 0 Å². The molecular weight excluding hydrogens is 258 g/mol. The molecule has 1 aromatic carbocycles. The Hall–Kier alpha value is -2.60. The van der Waals surface area contributed by atoms with Crippen LogP contribution in [0.5, 0.6) is 0 Å². The highest BCUT2D eigenvalue weighted by molar-refractivity contribution is 5.74. The van der Waals surface area contributed by atoms with Crippen LogP contribution < -0.4 is 16.9 Å². The molecule has 0 aliphatic heterocycles. The van der Waals surface area contributed by atoms with E-state index in [9.17, 15) is 9.59 Å². The Morgan fingerprint density at radius 3 is 2.40 bits per heavy atom. The lowest BCUT2D eigenvalue weighted by Gasteiger charge is -2.10. The molecule has 2 aromatic heterocycles. The summed E-state index contributed by atoms with van der Waals surface area (Å²) >= 11 is 0. The zero-order valence-corrected chi connectivity index (χ0v) is 10.8. The molecule has 0 aliphatic rings. The van der Waals surface area contributed by atoms with Crippen molar-refractivity contribution in [1.29, 1.82) is 0 Å². The topological polar surface area (TPSA) is 105 Å². The van der Waals surface area contributed by atoms with E-state index in [-0.39, 0.29) is 6.04 Å². The molecule has 20 heavy (non-hydrogen) atoms. The summed E-state index contributed by atoms with van der Waals surface area (Å²) in [5.41, 5.74) is 7.60. The number of nitrogens with two attached hydrogens (primary N) is 1. The highest BCUT2D eigenvalue weighted by Crippen LogP contribution is 2.23. The molecule has 4 N–H and O–H groups in total. The summed E-state index contributed by atoms with van der Waals surface area (Å²) in [7, 11) is 0. The van der Waals surface area contributed by atoms with Crippen LogP contribution in [-0.2, 0) is 0 Å². The monoisotopic (exact) mass is 271 g/mol. The van der Waals surface area contributed by atoms with Gasteiger partial charge in [-0.3, -0.25) is 9.59 Å². The highest BCUT2D eigenvalue weighted by Gasteiger charge is 2.12. The van der Waals surface area contributed by atoms with Gasteiger partial charge >= 0.3 is 11.1 Å². The third-order valence-corrected chi connectivity index (χ3v) is 3.22. The molecule has 3 aromatic rings. The van der Waals surface area contributed by atoms with Crippen molar-refractivity contribution < 1.29 is 4.42 Å². The number of hydrogen-bond donors (Lipinski definition) is 3. The fourth-order valence-corrected chi connectivity index (χ4v) is 2.15. The van der Waals surface area contributed by atoms with E-state index < -0.39 is 11.1 Å². The van der Waals surface area contributed by atoms with Gasteiger partial charge in [0.2, 0.25) is 0 Å². The predicted molar refractivity (Wildman–Crippen MR) is 74.7 cm³/mol.